The predicted octanol–water partition coefficient (Wildman–Crippen LogP) is 1.19. The van der Waals surface area contributed by atoms with Gasteiger partial charge in [-0.25, -0.2) is 4.98 Å². The topological polar surface area (TPSA) is 51.4 Å². The van der Waals surface area contributed by atoms with Gasteiger partial charge in [0.15, 0.2) is 5.13 Å². The van der Waals surface area contributed by atoms with Gasteiger partial charge in [0.25, 0.3) is 0 Å². The molecule has 80 valence electrons. The van der Waals surface area contributed by atoms with Crippen LogP contribution in [-0.4, -0.2) is 36.7 Å². The Bertz CT molecular complexity index is 264. The molecule has 0 unspecified atom stereocenters. The molecule has 0 fully saturated rings. The van der Waals surface area contributed by atoms with E-state index in [4.69, 9.17) is 10.5 Å². The van der Waals surface area contributed by atoms with Gasteiger partial charge in [0, 0.05) is 25.6 Å². The summed E-state index contributed by atoms with van der Waals surface area (Å²) in [5.41, 5.74) is 6.61. The molecule has 4 nitrogen and oxygen atoms in total. The highest BCUT2D eigenvalue weighted by molar-refractivity contribution is 7.13. The van der Waals surface area contributed by atoms with Crippen LogP contribution in [0.5, 0.6) is 0 Å². The molecule has 0 aliphatic heterocycles. The van der Waals surface area contributed by atoms with Crippen molar-refractivity contribution >= 4 is 16.5 Å². The molecule has 0 aliphatic rings. The van der Waals surface area contributed by atoms with Crippen molar-refractivity contribution in [3.05, 3.63) is 11.1 Å². The zero-order valence-electron chi connectivity index (χ0n) is 8.69. The quantitative estimate of drug-likeness (QED) is 0.774. The van der Waals surface area contributed by atoms with Crippen molar-refractivity contribution in [3.8, 4) is 0 Å². The molecule has 0 bridgehead atoms. The Labute approximate surface area is 88.7 Å². The summed E-state index contributed by atoms with van der Waals surface area (Å²) in [6.07, 6.45) is 0. The first-order valence-corrected chi connectivity index (χ1v) is 5.55. The van der Waals surface area contributed by atoms with Crippen molar-refractivity contribution in [3.63, 3.8) is 0 Å². The second-order valence-electron chi connectivity index (χ2n) is 3.04. The number of nitrogen functional groups attached to an aromatic ring is 1. The van der Waals surface area contributed by atoms with Crippen molar-refractivity contribution in [2.75, 3.05) is 32.5 Å². The number of likely N-dealkylation sites (N-methyl/N-ethyl adjacent to an activating group) is 1. The fraction of sp³-hybridized carbons (Fsp3) is 0.667. The molecule has 0 atom stereocenters. The first-order valence-electron chi connectivity index (χ1n) is 4.67. The van der Waals surface area contributed by atoms with Crippen LogP contribution >= 0.6 is 11.3 Å². The van der Waals surface area contributed by atoms with Crippen LogP contribution in [0.1, 0.15) is 12.6 Å². The fourth-order valence-electron chi connectivity index (χ4n) is 1.19. The molecule has 0 saturated carbocycles. The maximum Gasteiger partial charge on any atom is 0.180 e. The molecular formula is C9H17N3OS. The highest BCUT2D eigenvalue weighted by atomic mass is 32.1. The van der Waals surface area contributed by atoms with Gasteiger partial charge in [-0.05, 0) is 6.54 Å². The summed E-state index contributed by atoms with van der Waals surface area (Å²) in [4.78, 5) is 6.50. The van der Waals surface area contributed by atoms with Crippen LogP contribution in [0.25, 0.3) is 0 Å². The average Bonchev–Trinajstić information content (AvgIpc) is 2.58. The molecule has 0 saturated heterocycles. The second kappa shape index (κ2) is 5.95. The van der Waals surface area contributed by atoms with Gasteiger partial charge >= 0.3 is 0 Å². The average molecular weight is 215 g/mol. The fourth-order valence-corrected chi connectivity index (χ4v) is 1.75. The molecule has 1 rings (SSSR count). The number of anilines is 1. The van der Waals surface area contributed by atoms with Gasteiger partial charge in [-0.15, -0.1) is 11.3 Å². The summed E-state index contributed by atoms with van der Waals surface area (Å²) in [5.74, 6) is 0. The lowest BCUT2D eigenvalue weighted by atomic mass is 10.4. The number of aromatic nitrogens is 1. The van der Waals surface area contributed by atoms with E-state index in [1.807, 2.05) is 5.38 Å². The Morgan fingerprint density at radius 1 is 1.64 bits per heavy atom. The highest BCUT2D eigenvalue weighted by Crippen LogP contribution is 2.12. The van der Waals surface area contributed by atoms with Crippen LogP contribution in [-0.2, 0) is 11.3 Å². The Kier molecular flexibility index (Phi) is 4.86. The van der Waals surface area contributed by atoms with Crippen LogP contribution in [0, 0.1) is 0 Å². The number of ether oxygens (including phenoxy) is 1. The van der Waals surface area contributed by atoms with Crippen LogP contribution in [0.15, 0.2) is 5.38 Å². The number of nitrogens with two attached hydrogens (primary N) is 1. The van der Waals surface area contributed by atoms with Crippen LogP contribution < -0.4 is 5.73 Å². The Hall–Kier alpha value is -0.650. The summed E-state index contributed by atoms with van der Waals surface area (Å²) < 4.78 is 5.03. The zero-order valence-corrected chi connectivity index (χ0v) is 9.51. The van der Waals surface area contributed by atoms with Crippen molar-refractivity contribution in [2.24, 2.45) is 0 Å². The Balaban J connectivity index is 2.40. The van der Waals surface area contributed by atoms with E-state index >= 15 is 0 Å². The predicted molar refractivity (Wildman–Crippen MR) is 59.4 cm³/mol. The van der Waals surface area contributed by atoms with E-state index in [0.29, 0.717) is 5.13 Å². The van der Waals surface area contributed by atoms with E-state index < -0.39 is 0 Å². The third-order valence-electron chi connectivity index (χ3n) is 2.01. The zero-order chi connectivity index (χ0) is 10.4. The lowest BCUT2D eigenvalue weighted by Crippen LogP contribution is -2.26. The second-order valence-corrected chi connectivity index (χ2v) is 3.93. The van der Waals surface area contributed by atoms with E-state index in [1.54, 1.807) is 7.11 Å². The Morgan fingerprint density at radius 2 is 2.43 bits per heavy atom. The lowest BCUT2D eigenvalue weighted by Gasteiger charge is -2.18. The summed E-state index contributed by atoms with van der Waals surface area (Å²) in [5, 5.41) is 2.65. The SMILES string of the molecule is CCN(CCOC)Cc1csc(N)n1. The molecule has 0 aliphatic carbocycles. The molecule has 1 aromatic rings. The van der Waals surface area contributed by atoms with Crippen molar-refractivity contribution in [2.45, 2.75) is 13.5 Å². The molecular weight excluding hydrogens is 198 g/mol. The van der Waals surface area contributed by atoms with E-state index in [0.717, 1.165) is 31.9 Å². The molecule has 2 N–H and O–H groups in total. The normalized spacial score (nSPS) is 11.1. The first-order chi connectivity index (χ1) is 6.76. The van der Waals surface area contributed by atoms with E-state index in [-0.39, 0.29) is 0 Å². The first kappa shape index (κ1) is 11.4. The third kappa shape index (κ3) is 3.61. The van der Waals surface area contributed by atoms with Gasteiger partial charge < -0.3 is 10.5 Å². The van der Waals surface area contributed by atoms with E-state index in [1.165, 1.54) is 11.3 Å². The smallest absolute Gasteiger partial charge is 0.180 e. The van der Waals surface area contributed by atoms with Crippen LogP contribution in [0.3, 0.4) is 0 Å². The largest absolute Gasteiger partial charge is 0.383 e. The number of rotatable bonds is 6. The van der Waals surface area contributed by atoms with E-state index in [9.17, 15) is 0 Å². The number of thiazole rings is 1. The van der Waals surface area contributed by atoms with Gasteiger partial charge in [-0.1, -0.05) is 6.92 Å². The van der Waals surface area contributed by atoms with Gasteiger partial charge in [0.1, 0.15) is 0 Å². The molecule has 0 aromatic carbocycles. The number of nitrogens with zero attached hydrogens (tertiary/aromatic N) is 2. The molecule has 5 heteroatoms. The van der Waals surface area contributed by atoms with Crippen LogP contribution in [0.2, 0.25) is 0 Å². The summed E-state index contributed by atoms with van der Waals surface area (Å²) >= 11 is 1.49. The third-order valence-corrected chi connectivity index (χ3v) is 2.74. The molecule has 0 amide bonds. The number of hydrogen-bond acceptors (Lipinski definition) is 5. The summed E-state index contributed by atoms with van der Waals surface area (Å²) in [7, 11) is 1.72. The minimum absolute atomic E-state index is 0.641. The van der Waals surface area contributed by atoms with Crippen molar-refractivity contribution < 1.29 is 4.74 Å². The minimum Gasteiger partial charge on any atom is -0.383 e. The molecule has 1 heterocycles. The maximum absolute atomic E-state index is 5.56. The molecule has 0 spiro atoms. The Morgan fingerprint density at radius 3 is 2.93 bits per heavy atom. The van der Waals surface area contributed by atoms with E-state index in [2.05, 4.69) is 16.8 Å². The van der Waals surface area contributed by atoms with Gasteiger partial charge in [-0.3, -0.25) is 4.90 Å². The molecule has 14 heavy (non-hydrogen) atoms. The van der Waals surface area contributed by atoms with Gasteiger partial charge in [-0.2, -0.15) is 0 Å². The standard InChI is InChI=1S/C9H17N3OS/c1-3-12(4-5-13-2)6-8-7-14-9(10)11-8/h7H,3-6H2,1-2H3,(H2,10,11). The molecule has 0 radical (unpaired) electrons. The van der Waals surface area contributed by atoms with Crippen molar-refractivity contribution in [1.82, 2.24) is 9.88 Å². The highest BCUT2D eigenvalue weighted by Gasteiger charge is 2.05. The van der Waals surface area contributed by atoms with Crippen molar-refractivity contribution in [1.29, 1.82) is 0 Å². The monoisotopic (exact) mass is 215 g/mol. The molecule has 1 aromatic heterocycles. The summed E-state index contributed by atoms with van der Waals surface area (Å²) in [6, 6.07) is 0. The summed E-state index contributed by atoms with van der Waals surface area (Å²) in [6.45, 7) is 5.68. The number of hydrogen-bond donors (Lipinski definition) is 1. The van der Waals surface area contributed by atoms with Crippen LogP contribution in [0.4, 0.5) is 5.13 Å². The van der Waals surface area contributed by atoms with Gasteiger partial charge in [0.2, 0.25) is 0 Å². The lowest BCUT2D eigenvalue weighted by molar-refractivity contribution is 0.147. The van der Waals surface area contributed by atoms with Gasteiger partial charge in [0.05, 0.1) is 12.3 Å². The maximum atomic E-state index is 5.56. The number of methoxy groups -OCH3 is 1. The minimum atomic E-state index is 0.641.